The number of nitrogens with zero attached hydrogens (tertiary/aromatic N) is 1. The van der Waals surface area contributed by atoms with E-state index >= 15 is 0 Å². The highest BCUT2D eigenvalue weighted by Crippen LogP contribution is 2.44. The number of carbonyl (C=O) groups excluding carboxylic acids is 2. The number of rotatable bonds is 5. The Morgan fingerprint density at radius 3 is 2.27 bits per heavy atom. The van der Waals surface area contributed by atoms with Crippen LogP contribution in [0.25, 0.3) is 0 Å². The molecular weight excluding hydrogens is 421 g/mol. The van der Waals surface area contributed by atoms with Crippen molar-refractivity contribution in [3.8, 4) is 0 Å². The fraction of sp³-hybridized carbons (Fsp3) is 0.167. The summed E-state index contributed by atoms with van der Waals surface area (Å²) >= 11 is 12.6. The number of carbonyl (C=O) groups is 2. The topological polar surface area (TPSA) is 57.6 Å². The van der Waals surface area contributed by atoms with Crippen molar-refractivity contribution in [3.05, 3.63) is 99.0 Å². The van der Waals surface area contributed by atoms with Gasteiger partial charge in [-0.2, -0.15) is 0 Å². The molecule has 1 atom stereocenters. The number of anilines is 1. The predicted octanol–water partition coefficient (Wildman–Crippen LogP) is 5.31. The van der Waals surface area contributed by atoms with Crippen LogP contribution in [0.3, 0.4) is 0 Å². The van der Waals surface area contributed by atoms with Crippen molar-refractivity contribution in [1.29, 1.82) is 0 Å². The van der Waals surface area contributed by atoms with E-state index in [-0.39, 0.29) is 18.7 Å². The summed E-state index contributed by atoms with van der Waals surface area (Å²) in [5.74, 6) is -0.876. The van der Waals surface area contributed by atoms with E-state index in [4.69, 9.17) is 23.2 Å². The van der Waals surface area contributed by atoms with Crippen molar-refractivity contribution in [3.63, 3.8) is 0 Å². The Kier molecular flexibility index (Phi) is 5.41. The molecule has 3 aromatic carbocycles. The molecule has 0 aliphatic carbocycles. The molecule has 1 aliphatic rings. The Hall–Kier alpha value is -2.66. The molecular formula is C24H19Cl2NO3. The number of amides is 1. The summed E-state index contributed by atoms with van der Waals surface area (Å²) in [6, 6.07) is 19.1. The largest absolute Gasteiger partial charge is 0.375 e. The number of benzene rings is 3. The maximum atomic E-state index is 13.4. The summed E-state index contributed by atoms with van der Waals surface area (Å²) in [6.07, 6.45) is -0.349. The molecule has 0 radical (unpaired) electrons. The molecule has 4 rings (SSSR count). The Labute approximate surface area is 184 Å². The highest BCUT2D eigenvalue weighted by atomic mass is 35.5. The van der Waals surface area contributed by atoms with Gasteiger partial charge in [-0.15, -0.1) is 0 Å². The molecule has 0 saturated carbocycles. The van der Waals surface area contributed by atoms with E-state index in [9.17, 15) is 14.7 Å². The molecule has 1 N–H and O–H groups in total. The Morgan fingerprint density at radius 2 is 1.60 bits per heavy atom. The van der Waals surface area contributed by atoms with Crippen LogP contribution in [0, 0.1) is 6.92 Å². The van der Waals surface area contributed by atoms with Crippen molar-refractivity contribution in [2.24, 2.45) is 0 Å². The quantitative estimate of drug-likeness (QED) is 0.548. The summed E-state index contributed by atoms with van der Waals surface area (Å²) in [5.41, 5.74) is 1.04. The second kappa shape index (κ2) is 7.88. The number of hydrogen-bond acceptors (Lipinski definition) is 3. The maximum absolute atomic E-state index is 13.4. The lowest BCUT2D eigenvalue weighted by molar-refractivity contribution is -0.136. The number of aliphatic hydroxyl groups is 1. The van der Waals surface area contributed by atoms with E-state index < -0.39 is 11.5 Å². The van der Waals surface area contributed by atoms with Gasteiger partial charge >= 0.3 is 0 Å². The van der Waals surface area contributed by atoms with Crippen LogP contribution in [0.15, 0.2) is 66.7 Å². The van der Waals surface area contributed by atoms with Crippen LogP contribution in [0.4, 0.5) is 5.69 Å². The molecule has 30 heavy (non-hydrogen) atoms. The van der Waals surface area contributed by atoms with Gasteiger partial charge in [-0.25, -0.2) is 0 Å². The van der Waals surface area contributed by atoms with Gasteiger partial charge in [0.2, 0.25) is 0 Å². The van der Waals surface area contributed by atoms with E-state index in [0.717, 1.165) is 5.56 Å². The first kappa shape index (κ1) is 20.6. The molecule has 0 spiro atoms. The predicted molar refractivity (Wildman–Crippen MR) is 118 cm³/mol. The molecule has 3 aromatic rings. The summed E-state index contributed by atoms with van der Waals surface area (Å²) in [4.78, 5) is 27.7. The van der Waals surface area contributed by atoms with Crippen LogP contribution in [-0.4, -0.2) is 16.8 Å². The Bertz CT molecular complexity index is 1120. The van der Waals surface area contributed by atoms with Gasteiger partial charge in [-0.1, -0.05) is 77.3 Å². The molecule has 1 unspecified atom stereocenters. The SMILES string of the molecule is Cc1ccc(C(=O)CC2(O)C(=O)N(Cc3c(Cl)cccc3Cl)c3ccccc32)cc1. The lowest BCUT2D eigenvalue weighted by Crippen LogP contribution is -2.41. The maximum Gasteiger partial charge on any atom is 0.264 e. The number of aryl methyl sites for hydroxylation is 1. The monoisotopic (exact) mass is 439 g/mol. The second-order valence-electron chi connectivity index (χ2n) is 7.43. The van der Waals surface area contributed by atoms with Gasteiger partial charge in [0.15, 0.2) is 11.4 Å². The van der Waals surface area contributed by atoms with Crippen molar-refractivity contribution < 1.29 is 14.7 Å². The fourth-order valence-electron chi connectivity index (χ4n) is 3.75. The summed E-state index contributed by atoms with van der Waals surface area (Å²) in [6.45, 7) is 2.02. The zero-order valence-electron chi connectivity index (χ0n) is 16.2. The van der Waals surface area contributed by atoms with Crippen LogP contribution >= 0.6 is 23.2 Å². The average molecular weight is 440 g/mol. The van der Waals surface area contributed by atoms with Gasteiger partial charge in [0.25, 0.3) is 5.91 Å². The molecule has 0 aromatic heterocycles. The number of Topliss-reactive ketones (excluding diaryl/α,β-unsaturated/α-hetero) is 1. The number of ketones is 1. The number of para-hydroxylation sites is 1. The van der Waals surface area contributed by atoms with E-state index in [1.807, 2.05) is 19.1 Å². The number of halogens is 2. The summed E-state index contributed by atoms with van der Waals surface area (Å²) in [7, 11) is 0. The van der Waals surface area contributed by atoms with Crippen molar-refractivity contribution in [2.45, 2.75) is 25.5 Å². The van der Waals surface area contributed by atoms with E-state index in [1.54, 1.807) is 54.6 Å². The third kappa shape index (κ3) is 3.52. The molecule has 1 amide bonds. The smallest absolute Gasteiger partial charge is 0.264 e. The normalized spacial score (nSPS) is 17.9. The minimum atomic E-state index is -1.95. The third-order valence-electron chi connectivity index (χ3n) is 5.41. The minimum Gasteiger partial charge on any atom is -0.375 e. The standard InChI is InChI=1S/C24H19Cl2NO3/c1-15-9-11-16(12-10-15)22(28)13-24(30)18-5-2-3-8-21(18)27(23(24)29)14-17-19(25)6-4-7-20(17)26/h2-12,30H,13-14H2,1H3. The van der Waals surface area contributed by atoms with Gasteiger partial charge in [0.1, 0.15) is 0 Å². The molecule has 0 bridgehead atoms. The zero-order chi connectivity index (χ0) is 21.5. The lowest BCUT2D eigenvalue weighted by atomic mass is 9.88. The van der Waals surface area contributed by atoms with E-state index in [0.29, 0.717) is 32.4 Å². The highest BCUT2D eigenvalue weighted by Gasteiger charge is 2.50. The third-order valence-corrected chi connectivity index (χ3v) is 6.12. The number of fused-ring (bicyclic) bond motifs is 1. The minimum absolute atomic E-state index is 0.0926. The van der Waals surface area contributed by atoms with Crippen LogP contribution in [0.5, 0.6) is 0 Å². The van der Waals surface area contributed by atoms with Crippen molar-refractivity contribution >= 4 is 40.6 Å². The molecule has 4 nitrogen and oxygen atoms in total. The van der Waals surface area contributed by atoms with E-state index in [2.05, 4.69) is 0 Å². The van der Waals surface area contributed by atoms with Crippen molar-refractivity contribution in [2.75, 3.05) is 4.90 Å². The first-order valence-electron chi connectivity index (χ1n) is 9.48. The van der Waals surface area contributed by atoms with Gasteiger partial charge in [0.05, 0.1) is 18.7 Å². The molecule has 0 saturated heterocycles. The van der Waals surface area contributed by atoms with E-state index in [1.165, 1.54) is 4.90 Å². The number of hydrogen-bond donors (Lipinski definition) is 1. The average Bonchev–Trinajstić information content (AvgIpc) is 2.93. The summed E-state index contributed by atoms with van der Waals surface area (Å²) < 4.78 is 0. The molecule has 0 fully saturated rings. The highest BCUT2D eigenvalue weighted by molar-refractivity contribution is 6.36. The lowest BCUT2D eigenvalue weighted by Gasteiger charge is -2.23. The molecule has 1 heterocycles. The van der Waals surface area contributed by atoms with Crippen molar-refractivity contribution in [1.82, 2.24) is 0 Å². The molecule has 1 aliphatic heterocycles. The zero-order valence-corrected chi connectivity index (χ0v) is 17.7. The molecule has 152 valence electrons. The van der Waals surface area contributed by atoms with Gasteiger partial charge in [-0.05, 0) is 25.1 Å². The van der Waals surface area contributed by atoms with Crippen LogP contribution < -0.4 is 4.90 Å². The first-order valence-corrected chi connectivity index (χ1v) is 10.2. The van der Waals surface area contributed by atoms with Gasteiger partial charge in [-0.3, -0.25) is 9.59 Å². The van der Waals surface area contributed by atoms with Gasteiger partial charge in [0, 0.05) is 26.7 Å². The van der Waals surface area contributed by atoms with Crippen LogP contribution in [-0.2, 0) is 16.9 Å². The first-order chi connectivity index (χ1) is 14.3. The van der Waals surface area contributed by atoms with Crippen LogP contribution in [0.2, 0.25) is 10.0 Å². The van der Waals surface area contributed by atoms with Crippen LogP contribution in [0.1, 0.15) is 33.5 Å². The summed E-state index contributed by atoms with van der Waals surface area (Å²) in [5, 5.41) is 12.3. The second-order valence-corrected chi connectivity index (χ2v) is 8.25. The fourth-order valence-corrected chi connectivity index (χ4v) is 4.27. The Morgan fingerprint density at radius 1 is 0.967 bits per heavy atom. The van der Waals surface area contributed by atoms with Gasteiger partial charge < -0.3 is 10.0 Å². The Balaban J connectivity index is 1.70. The molecule has 6 heteroatoms.